The third-order valence-electron chi connectivity index (χ3n) is 6.40. The van der Waals surface area contributed by atoms with Gasteiger partial charge in [-0.1, -0.05) is 91.3 Å². The molecule has 4 atom stereocenters. The van der Waals surface area contributed by atoms with Crippen molar-refractivity contribution in [3.63, 3.8) is 0 Å². The smallest absolute Gasteiger partial charge is 0.154 e. The molecule has 0 saturated heterocycles. The second kappa shape index (κ2) is 9.05. The van der Waals surface area contributed by atoms with Gasteiger partial charge in [-0.25, -0.2) is 0 Å². The highest BCUT2D eigenvalue weighted by molar-refractivity contribution is 8.23. The first kappa shape index (κ1) is 20.6. The molecule has 2 N–H and O–H groups in total. The molecular formula is C25H28N2S3. The third kappa shape index (κ3) is 4.21. The molecule has 1 aliphatic carbocycles. The highest BCUT2D eigenvalue weighted by Gasteiger charge is 2.49. The Bertz CT molecular complexity index is 928. The van der Waals surface area contributed by atoms with Crippen LogP contribution in [-0.4, -0.2) is 26.8 Å². The summed E-state index contributed by atoms with van der Waals surface area (Å²) in [7, 11) is 0. The zero-order valence-electron chi connectivity index (χ0n) is 17.1. The van der Waals surface area contributed by atoms with Crippen molar-refractivity contribution < 1.29 is 0 Å². The zero-order chi connectivity index (χ0) is 20.4. The van der Waals surface area contributed by atoms with Gasteiger partial charge >= 0.3 is 0 Å². The number of hydrogen-bond acceptors (Lipinski definition) is 5. The number of thioether (sulfide) groups is 3. The van der Waals surface area contributed by atoms with E-state index in [9.17, 15) is 0 Å². The Morgan fingerprint density at radius 3 is 2.53 bits per heavy atom. The number of benzene rings is 2. The Balaban J connectivity index is 1.50. The summed E-state index contributed by atoms with van der Waals surface area (Å²) in [4.78, 5) is 5.88. The van der Waals surface area contributed by atoms with Crippen LogP contribution < -0.4 is 5.73 Å². The largest absolute Gasteiger partial charge is 0.379 e. The Morgan fingerprint density at radius 2 is 1.80 bits per heavy atom. The molecule has 0 aromatic heterocycles. The van der Waals surface area contributed by atoms with Crippen molar-refractivity contribution in [3.05, 3.63) is 77.9 Å². The minimum absolute atomic E-state index is 0.233. The quantitative estimate of drug-likeness (QED) is 0.554. The lowest BCUT2D eigenvalue weighted by Crippen LogP contribution is -2.41. The predicted molar refractivity (Wildman–Crippen MR) is 136 cm³/mol. The predicted octanol–water partition coefficient (Wildman–Crippen LogP) is 6.61. The number of nitrogens with zero attached hydrogens (tertiary/aromatic N) is 1. The summed E-state index contributed by atoms with van der Waals surface area (Å²) in [5.41, 5.74) is 8.77. The Labute approximate surface area is 192 Å². The van der Waals surface area contributed by atoms with Crippen molar-refractivity contribution in [2.45, 2.75) is 40.9 Å². The molecule has 5 rings (SSSR count). The maximum Gasteiger partial charge on any atom is 0.154 e. The molecule has 1 saturated carbocycles. The van der Waals surface area contributed by atoms with Crippen LogP contribution in [0.3, 0.4) is 0 Å². The molecule has 2 aromatic carbocycles. The summed E-state index contributed by atoms with van der Waals surface area (Å²) >= 11 is 6.11. The summed E-state index contributed by atoms with van der Waals surface area (Å²) < 4.78 is 0.233. The number of aliphatic imine (C=N–C) groups is 1. The van der Waals surface area contributed by atoms with Crippen molar-refractivity contribution in [1.29, 1.82) is 0 Å². The van der Waals surface area contributed by atoms with Gasteiger partial charge in [0.05, 0.1) is 10.6 Å². The normalized spacial score (nSPS) is 31.0. The number of hydrogen-bond donors (Lipinski definition) is 1. The molecule has 0 unspecified atom stereocenters. The van der Waals surface area contributed by atoms with Crippen LogP contribution in [0.5, 0.6) is 0 Å². The average Bonchev–Trinajstić information content (AvgIpc) is 3.23. The molecule has 3 aliphatic rings. The second-order valence-corrected chi connectivity index (χ2v) is 12.6. The van der Waals surface area contributed by atoms with E-state index >= 15 is 0 Å². The van der Waals surface area contributed by atoms with Crippen molar-refractivity contribution in [3.8, 4) is 0 Å². The van der Waals surface area contributed by atoms with Gasteiger partial charge in [-0.3, -0.25) is 4.99 Å². The SMILES string of the molecule is NC1=NC[C@H](CS[C@]23CCCC[C@@H]2[C@@H](c2ccccc2)C=C(c2ccccc2)S3)S1. The van der Waals surface area contributed by atoms with Crippen LogP contribution in [0.1, 0.15) is 42.7 Å². The molecule has 2 aromatic rings. The molecule has 2 aliphatic heterocycles. The van der Waals surface area contributed by atoms with Gasteiger partial charge in [0.2, 0.25) is 0 Å². The van der Waals surface area contributed by atoms with Gasteiger partial charge in [0.1, 0.15) is 0 Å². The van der Waals surface area contributed by atoms with Gasteiger partial charge in [-0.05, 0) is 29.9 Å². The number of fused-ring (bicyclic) bond motifs is 1. The molecule has 156 valence electrons. The van der Waals surface area contributed by atoms with Crippen molar-refractivity contribution in [2.24, 2.45) is 16.6 Å². The molecule has 2 nitrogen and oxygen atoms in total. The first-order chi connectivity index (χ1) is 14.7. The van der Waals surface area contributed by atoms with Gasteiger partial charge in [-0.15, -0.1) is 23.5 Å². The van der Waals surface area contributed by atoms with Gasteiger partial charge in [0.15, 0.2) is 5.17 Å². The molecule has 0 radical (unpaired) electrons. The molecule has 2 heterocycles. The van der Waals surface area contributed by atoms with E-state index in [0.717, 1.165) is 17.5 Å². The molecule has 0 bridgehead atoms. The minimum Gasteiger partial charge on any atom is -0.379 e. The van der Waals surface area contributed by atoms with Crippen LogP contribution >= 0.6 is 35.3 Å². The van der Waals surface area contributed by atoms with E-state index < -0.39 is 0 Å². The van der Waals surface area contributed by atoms with Crippen LogP contribution in [0.2, 0.25) is 0 Å². The topological polar surface area (TPSA) is 38.4 Å². The summed E-state index contributed by atoms with van der Waals surface area (Å²) in [5.74, 6) is 2.27. The molecule has 1 fully saturated rings. The molecule has 30 heavy (non-hydrogen) atoms. The average molecular weight is 453 g/mol. The van der Waals surface area contributed by atoms with Crippen molar-refractivity contribution >= 4 is 45.4 Å². The Morgan fingerprint density at radius 1 is 1.03 bits per heavy atom. The van der Waals surface area contributed by atoms with Gasteiger partial charge < -0.3 is 5.73 Å². The summed E-state index contributed by atoms with van der Waals surface area (Å²) in [5, 5.41) is 1.29. The fraction of sp³-hybridized carbons (Fsp3) is 0.400. The first-order valence-corrected chi connectivity index (χ1v) is 13.5. The van der Waals surface area contributed by atoms with E-state index in [0.29, 0.717) is 17.1 Å². The monoisotopic (exact) mass is 452 g/mol. The van der Waals surface area contributed by atoms with E-state index in [4.69, 9.17) is 5.73 Å². The fourth-order valence-electron chi connectivity index (χ4n) is 4.95. The van der Waals surface area contributed by atoms with E-state index in [2.05, 4.69) is 95.3 Å². The lowest BCUT2D eigenvalue weighted by molar-refractivity contribution is 0.320. The zero-order valence-corrected chi connectivity index (χ0v) is 19.5. The van der Waals surface area contributed by atoms with Crippen molar-refractivity contribution in [1.82, 2.24) is 0 Å². The lowest BCUT2D eigenvalue weighted by atomic mass is 9.75. The Kier molecular flexibility index (Phi) is 6.22. The summed E-state index contributed by atoms with van der Waals surface area (Å²) in [6.45, 7) is 0.873. The van der Waals surface area contributed by atoms with E-state index in [1.54, 1.807) is 11.8 Å². The van der Waals surface area contributed by atoms with Crippen molar-refractivity contribution in [2.75, 3.05) is 12.3 Å². The van der Waals surface area contributed by atoms with E-state index in [-0.39, 0.29) is 4.08 Å². The second-order valence-electron chi connectivity index (χ2n) is 8.33. The van der Waals surface area contributed by atoms with Crippen LogP contribution in [0.4, 0.5) is 0 Å². The first-order valence-electron chi connectivity index (χ1n) is 10.9. The molecule has 0 spiro atoms. The molecule has 0 amide bonds. The maximum absolute atomic E-state index is 5.95. The molecule has 5 heteroatoms. The standard InChI is InChI=1S/C25H28N2S3/c26-24-27-16-20(29-24)17-28-25-14-8-7-13-22(25)21(18-9-3-1-4-10-18)15-23(30-25)19-11-5-2-6-12-19/h1-6,9-12,15,20-22H,7-8,13-14,16-17H2,(H2,26,27)/t20-,21-,22-,25+/m1/s1. The summed E-state index contributed by atoms with van der Waals surface area (Å²) in [6, 6.07) is 22.1. The van der Waals surface area contributed by atoms with Crippen LogP contribution in [0.15, 0.2) is 71.7 Å². The minimum atomic E-state index is 0.233. The van der Waals surface area contributed by atoms with E-state index in [1.807, 2.05) is 0 Å². The maximum atomic E-state index is 5.95. The Hall–Kier alpha value is -1.30. The van der Waals surface area contributed by atoms with Gasteiger partial charge in [-0.2, -0.15) is 0 Å². The van der Waals surface area contributed by atoms with Gasteiger partial charge in [0, 0.05) is 21.8 Å². The van der Waals surface area contributed by atoms with Crippen LogP contribution in [-0.2, 0) is 0 Å². The lowest BCUT2D eigenvalue weighted by Gasteiger charge is -2.50. The highest BCUT2D eigenvalue weighted by atomic mass is 32.2. The van der Waals surface area contributed by atoms with Gasteiger partial charge in [0.25, 0.3) is 0 Å². The number of allylic oxidation sites excluding steroid dienone is 1. The fourth-order valence-corrected chi connectivity index (χ4v) is 9.62. The number of amidine groups is 1. The van der Waals surface area contributed by atoms with Crippen LogP contribution in [0, 0.1) is 5.92 Å². The van der Waals surface area contributed by atoms with Crippen LogP contribution in [0.25, 0.3) is 4.91 Å². The third-order valence-corrected chi connectivity index (χ3v) is 11.2. The molecular weight excluding hydrogens is 424 g/mol. The number of rotatable bonds is 5. The summed E-state index contributed by atoms with van der Waals surface area (Å²) in [6.07, 6.45) is 7.84. The van der Waals surface area contributed by atoms with E-state index in [1.165, 1.54) is 41.7 Å². The highest BCUT2D eigenvalue weighted by Crippen LogP contribution is 2.63. The number of nitrogens with two attached hydrogens (primary N) is 1.